The van der Waals surface area contributed by atoms with E-state index in [4.69, 9.17) is 0 Å². The highest BCUT2D eigenvalue weighted by Gasteiger charge is 2.11. The van der Waals surface area contributed by atoms with Gasteiger partial charge in [0, 0.05) is 29.0 Å². The maximum absolute atomic E-state index is 2.75. The summed E-state index contributed by atoms with van der Waals surface area (Å²) in [5.41, 5.74) is 1.74. The average Bonchev–Trinajstić information content (AvgIpc) is 2.47. The molecule has 120 valence electrons. The Morgan fingerprint density at radius 2 is 1.15 bits per heavy atom. The van der Waals surface area contributed by atoms with E-state index in [-0.39, 0.29) is 0 Å². The van der Waals surface area contributed by atoms with Crippen molar-refractivity contribution >= 4 is 10.2 Å². The molecular formula is C18H39NSi. The molecule has 0 bridgehead atoms. The SMILES string of the molecule is CCCCC([SiH3])=C(CCCC)N(CCCC)CCCC. The summed E-state index contributed by atoms with van der Waals surface area (Å²) in [6.07, 6.45) is 13.4. The summed E-state index contributed by atoms with van der Waals surface area (Å²) in [4.78, 5) is 2.75. The predicted molar refractivity (Wildman–Crippen MR) is 97.4 cm³/mol. The molecular weight excluding hydrogens is 258 g/mol. The summed E-state index contributed by atoms with van der Waals surface area (Å²) in [6.45, 7) is 11.8. The molecule has 0 saturated carbocycles. The van der Waals surface area contributed by atoms with Crippen molar-refractivity contribution in [2.24, 2.45) is 0 Å². The van der Waals surface area contributed by atoms with Crippen LogP contribution < -0.4 is 0 Å². The van der Waals surface area contributed by atoms with E-state index in [0.717, 1.165) is 0 Å². The van der Waals surface area contributed by atoms with Gasteiger partial charge in [0.1, 0.15) is 0 Å². The molecule has 0 unspecified atom stereocenters. The monoisotopic (exact) mass is 297 g/mol. The average molecular weight is 298 g/mol. The molecule has 20 heavy (non-hydrogen) atoms. The van der Waals surface area contributed by atoms with Gasteiger partial charge in [0.2, 0.25) is 0 Å². The van der Waals surface area contributed by atoms with Crippen LogP contribution in [0.4, 0.5) is 0 Å². The van der Waals surface area contributed by atoms with Crippen molar-refractivity contribution in [1.82, 2.24) is 4.90 Å². The van der Waals surface area contributed by atoms with E-state index >= 15 is 0 Å². The zero-order valence-electron chi connectivity index (χ0n) is 14.9. The number of rotatable bonds is 13. The van der Waals surface area contributed by atoms with E-state index in [9.17, 15) is 0 Å². The lowest BCUT2D eigenvalue weighted by atomic mass is 10.1. The lowest BCUT2D eigenvalue weighted by Crippen LogP contribution is -2.27. The van der Waals surface area contributed by atoms with Crippen molar-refractivity contribution in [3.8, 4) is 0 Å². The van der Waals surface area contributed by atoms with Crippen LogP contribution in [0, 0.1) is 0 Å². The Morgan fingerprint density at radius 1 is 0.700 bits per heavy atom. The van der Waals surface area contributed by atoms with Crippen LogP contribution in [-0.2, 0) is 0 Å². The van der Waals surface area contributed by atoms with Crippen LogP contribution in [-0.4, -0.2) is 28.2 Å². The first-order valence-corrected chi connectivity index (χ1v) is 10.1. The molecule has 2 heteroatoms. The molecule has 0 aromatic rings. The summed E-state index contributed by atoms with van der Waals surface area (Å²) in [5.74, 6) is 0. The Labute approximate surface area is 131 Å². The van der Waals surface area contributed by atoms with Crippen LogP contribution in [0.25, 0.3) is 0 Å². The van der Waals surface area contributed by atoms with Gasteiger partial charge in [0.15, 0.2) is 0 Å². The minimum absolute atomic E-state index is 1.26. The van der Waals surface area contributed by atoms with Crippen molar-refractivity contribution in [3.05, 3.63) is 10.9 Å². The molecule has 0 N–H and O–H groups in total. The van der Waals surface area contributed by atoms with E-state index in [2.05, 4.69) is 32.6 Å². The maximum Gasteiger partial charge on any atom is 0.0355 e. The smallest absolute Gasteiger partial charge is 0.0355 e. The Morgan fingerprint density at radius 3 is 1.60 bits per heavy atom. The first kappa shape index (κ1) is 19.8. The van der Waals surface area contributed by atoms with Crippen LogP contribution in [0.1, 0.15) is 91.9 Å². The Balaban J connectivity index is 4.85. The van der Waals surface area contributed by atoms with Gasteiger partial charge in [0.25, 0.3) is 0 Å². The molecule has 0 aromatic carbocycles. The molecule has 0 aliphatic carbocycles. The highest BCUT2D eigenvalue weighted by atomic mass is 28.1. The number of hydrogen-bond acceptors (Lipinski definition) is 1. The molecule has 0 heterocycles. The Hall–Kier alpha value is -0.243. The normalized spacial score (nSPS) is 12.6. The second-order valence-corrected chi connectivity index (χ2v) is 7.34. The van der Waals surface area contributed by atoms with Crippen LogP contribution in [0.2, 0.25) is 0 Å². The predicted octanol–water partition coefficient (Wildman–Crippen LogP) is 4.85. The van der Waals surface area contributed by atoms with Crippen molar-refractivity contribution in [2.75, 3.05) is 13.1 Å². The van der Waals surface area contributed by atoms with E-state index in [1.165, 1.54) is 87.5 Å². The molecule has 0 aliphatic heterocycles. The fourth-order valence-electron chi connectivity index (χ4n) is 2.65. The lowest BCUT2D eigenvalue weighted by molar-refractivity contribution is 0.315. The number of unbranched alkanes of at least 4 members (excludes halogenated alkanes) is 4. The van der Waals surface area contributed by atoms with Crippen LogP contribution in [0.3, 0.4) is 0 Å². The third-order valence-corrected chi connectivity index (χ3v) is 5.19. The van der Waals surface area contributed by atoms with Crippen molar-refractivity contribution < 1.29 is 0 Å². The zero-order chi connectivity index (χ0) is 15.2. The maximum atomic E-state index is 2.75. The Bertz CT molecular complexity index is 240. The number of hydrogen-bond donors (Lipinski definition) is 0. The lowest BCUT2D eigenvalue weighted by Gasteiger charge is -2.30. The molecule has 0 rings (SSSR count). The third kappa shape index (κ3) is 8.83. The summed E-state index contributed by atoms with van der Waals surface area (Å²) in [5, 5.41) is 1.80. The first-order chi connectivity index (χ1) is 9.71. The van der Waals surface area contributed by atoms with E-state index in [1.807, 2.05) is 0 Å². The minimum Gasteiger partial charge on any atom is -0.375 e. The molecule has 0 radical (unpaired) electrons. The van der Waals surface area contributed by atoms with Gasteiger partial charge in [-0.3, -0.25) is 0 Å². The van der Waals surface area contributed by atoms with Gasteiger partial charge in [-0.2, -0.15) is 0 Å². The van der Waals surface area contributed by atoms with E-state index in [1.54, 1.807) is 10.9 Å². The second kappa shape index (κ2) is 13.7. The highest BCUT2D eigenvalue weighted by molar-refractivity contribution is 6.21. The number of nitrogens with zero attached hydrogens (tertiary/aromatic N) is 1. The fourth-order valence-corrected chi connectivity index (χ4v) is 3.57. The Kier molecular flexibility index (Phi) is 13.6. The third-order valence-electron chi connectivity index (χ3n) is 4.11. The van der Waals surface area contributed by atoms with E-state index < -0.39 is 0 Å². The fraction of sp³-hybridized carbons (Fsp3) is 0.889. The van der Waals surface area contributed by atoms with Gasteiger partial charge in [-0.05, 0) is 32.1 Å². The summed E-state index contributed by atoms with van der Waals surface area (Å²) < 4.78 is 0. The van der Waals surface area contributed by atoms with Crippen molar-refractivity contribution in [1.29, 1.82) is 0 Å². The summed E-state index contributed by atoms with van der Waals surface area (Å²) >= 11 is 0. The largest absolute Gasteiger partial charge is 0.375 e. The van der Waals surface area contributed by atoms with Crippen LogP contribution in [0.5, 0.6) is 0 Å². The van der Waals surface area contributed by atoms with Gasteiger partial charge in [0.05, 0.1) is 0 Å². The minimum atomic E-state index is 1.26. The summed E-state index contributed by atoms with van der Waals surface area (Å²) in [6, 6.07) is 0. The van der Waals surface area contributed by atoms with Crippen molar-refractivity contribution in [2.45, 2.75) is 91.9 Å². The second-order valence-electron chi connectivity index (χ2n) is 6.13. The zero-order valence-corrected chi connectivity index (χ0v) is 16.9. The first-order valence-electron chi connectivity index (χ1n) is 9.14. The molecule has 0 saturated heterocycles. The van der Waals surface area contributed by atoms with Crippen LogP contribution in [0.15, 0.2) is 10.9 Å². The molecule has 0 spiro atoms. The van der Waals surface area contributed by atoms with Gasteiger partial charge >= 0.3 is 0 Å². The van der Waals surface area contributed by atoms with E-state index in [0.29, 0.717) is 0 Å². The van der Waals surface area contributed by atoms with Gasteiger partial charge in [-0.15, -0.1) is 0 Å². The molecule has 0 aliphatic rings. The molecule has 0 amide bonds. The number of allylic oxidation sites excluding steroid dienone is 2. The quantitative estimate of drug-likeness (QED) is 0.439. The standard InChI is InChI=1S/C18H39NSi/c1-5-9-13-17(18(20)14-10-6-2)19(15-11-7-3)16-12-8-4/h5-16H2,1-4,20H3. The molecule has 0 fully saturated rings. The molecule has 0 atom stereocenters. The molecule has 0 aromatic heterocycles. The van der Waals surface area contributed by atoms with Gasteiger partial charge in [-0.25, -0.2) is 0 Å². The van der Waals surface area contributed by atoms with Crippen LogP contribution >= 0.6 is 0 Å². The van der Waals surface area contributed by atoms with Crippen molar-refractivity contribution in [3.63, 3.8) is 0 Å². The highest BCUT2D eigenvalue weighted by Crippen LogP contribution is 2.21. The topological polar surface area (TPSA) is 3.24 Å². The summed E-state index contributed by atoms with van der Waals surface area (Å²) in [7, 11) is 1.26. The van der Waals surface area contributed by atoms with Gasteiger partial charge < -0.3 is 4.90 Å². The van der Waals surface area contributed by atoms with Gasteiger partial charge in [-0.1, -0.05) is 65.0 Å². The molecule has 1 nitrogen and oxygen atoms in total.